The number of H-pyrrole nitrogens is 1. The van der Waals surface area contributed by atoms with Crippen molar-refractivity contribution in [2.24, 2.45) is 28.9 Å². The van der Waals surface area contributed by atoms with Gasteiger partial charge in [0.15, 0.2) is 0 Å². The van der Waals surface area contributed by atoms with Gasteiger partial charge >= 0.3 is 0 Å². The van der Waals surface area contributed by atoms with E-state index in [9.17, 15) is 28.8 Å². The monoisotopic (exact) mass is 752 g/mol. The molecule has 1 fully saturated rings. The van der Waals surface area contributed by atoms with Crippen molar-refractivity contribution in [3.8, 4) is 0 Å². The highest BCUT2D eigenvalue weighted by molar-refractivity contribution is 5.98. The lowest BCUT2D eigenvalue weighted by Crippen LogP contribution is -2.63. The van der Waals surface area contributed by atoms with E-state index in [-0.39, 0.29) is 43.4 Å². The Morgan fingerprint density at radius 3 is 1.70 bits per heavy atom. The van der Waals surface area contributed by atoms with E-state index in [2.05, 4.69) is 36.9 Å². The average Bonchev–Trinajstić information content (AvgIpc) is 3.48. The normalized spacial score (nSPS) is 24.4. The number of hydrogen-bond acceptors (Lipinski definition) is 7. The molecule has 0 spiro atoms. The van der Waals surface area contributed by atoms with Crippen LogP contribution in [0.15, 0.2) is 30.5 Å². The Morgan fingerprint density at radius 1 is 0.630 bits per heavy atom. The maximum Gasteiger partial charge on any atom is 0.243 e. The van der Waals surface area contributed by atoms with Gasteiger partial charge in [-0.05, 0) is 73.4 Å². The van der Waals surface area contributed by atoms with Gasteiger partial charge in [0, 0.05) is 23.5 Å². The van der Waals surface area contributed by atoms with E-state index in [0.29, 0.717) is 19.4 Å². The van der Waals surface area contributed by atoms with Gasteiger partial charge in [0.2, 0.25) is 35.4 Å². The molecule has 2 aromatic rings. The highest BCUT2D eigenvalue weighted by Crippen LogP contribution is 2.23. The minimum atomic E-state index is -1.15. The fourth-order valence-electron chi connectivity index (χ4n) is 6.67. The van der Waals surface area contributed by atoms with Gasteiger partial charge in [-0.1, -0.05) is 80.5 Å². The summed E-state index contributed by atoms with van der Waals surface area (Å²) in [4.78, 5) is 87.6. The number of carbonyl (C=O) groups is 6. The number of amides is 6. The SMILES string of the molecule is CC(C)C[C@@H]1NC(=O)[C@H](Cc2c[nH]c3ccccc23)NC(=O)[C@@H](C(C)(C)C)NC(=O)[C@H](CCCCN)NC(=O)[C@H](C(C)C)NC(=O)[C@@H](CC(C)C)NC1=O. The van der Waals surface area contributed by atoms with Gasteiger partial charge in [0.1, 0.15) is 36.3 Å². The predicted molar refractivity (Wildman–Crippen MR) is 210 cm³/mol. The lowest BCUT2D eigenvalue weighted by atomic mass is 9.85. The first-order chi connectivity index (χ1) is 25.3. The number of rotatable bonds is 11. The zero-order valence-corrected chi connectivity index (χ0v) is 33.6. The Bertz CT molecular complexity index is 1610. The molecule has 14 heteroatoms. The second kappa shape index (κ2) is 19.7. The van der Waals surface area contributed by atoms with Crippen molar-refractivity contribution in [3.05, 3.63) is 36.0 Å². The third-order valence-electron chi connectivity index (χ3n) is 9.65. The number of carbonyl (C=O) groups excluding carboxylic acids is 6. The summed E-state index contributed by atoms with van der Waals surface area (Å²) in [7, 11) is 0. The van der Waals surface area contributed by atoms with E-state index in [1.165, 1.54) is 0 Å². The number of aromatic nitrogens is 1. The third-order valence-corrected chi connectivity index (χ3v) is 9.65. The molecule has 300 valence electrons. The van der Waals surface area contributed by atoms with Gasteiger partial charge < -0.3 is 42.6 Å². The molecule has 6 amide bonds. The summed E-state index contributed by atoms with van der Waals surface area (Å²) in [6.07, 6.45) is 3.74. The summed E-state index contributed by atoms with van der Waals surface area (Å²) in [5, 5.41) is 18.0. The molecule has 6 atom stereocenters. The summed E-state index contributed by atoms with van der Waals surface area (Å²) in [5.41, 5.74) is 6.54. The fourth-order valence-corrected chi connectivity index (χ4v) is 6.67. The van der Waals surface area contributed by atoms with E-state index in [0.717, 1.165) is 16.5 Å². The van der Waals surface area contributed by atoms with Crippen LogP contribution in [0.2, 0.25) is 0 Å². The summed E-state index contributed by atoms with van der Waals surface area (Å²) >= 11 is 0. The van der Waals surface area contributed by atoms with Gasteiger partial charge in [-0.25, -0.2) is 0 Å². The molecule has 3 rings (SSSR count). The molecule has 0 bridgehead atoms. The highest BCUT2D eigenvalue weighted by Gasteiger charge is 2.39. The van der Waals surface area contributed by atoms with Crippen LogP contribution >= 0.6 is 0 Å². The standard InChI is InChI=1S/C40H64N8O6/c1-22(2)18-29-35(50)45-30(19-23(3)4)37(52)47-32(24(5)6)38(53)43-28(16-12-13-17-41)34(49)48-33(40(7,8)9)39(54)46-31(36(51)44-29)20-25-21-42-27-15-11-10-14-26(25)27/h10-11,14-15,21-24,28-33,42H,12-13,16-20,41H2,1-9H3,(H,43,53)(H,44,51)(H,45,50)(H,46,54)(H,47,52)(H,48,49)/t28-,29-,30+,31-,32-,33-/m0/s1. The second-order valence-corrected chi connectivity index (χ2v) is 16.9. The average molecular weight is 753 g/mol. The molecule has 0 unspecified atom stereocenters. The van der Waals surface area contributed by atoms with E-state index in [1.54, 1.807) is 40.8 Å². The molecule has 0 radical (unpaired) electrons. The molecule has 1 aromatic carbocycles. The van der Waals surface area contributed by atoms with Crippen LogP contribution in [0.4, 0.5) is 0 Å². The number of benzene rings is 1. The number of unbranched alkanes of at least 4 members (excludes halogenated alkanes) is 1. The second-order valence-electron chi connectivity index (χ2n) is 16.9. The van der Waals surface area contributed by atoms with E-state index in [1.807, 2.05) is 52.0 Å². The maximum absolute atomic E-state index is 14.3. The molecule has 0 saturated carbocycles. The highest BCUT2D eigenvalue weighted by atomic mass is 16.2. The summed E-state index contributed by atoms with van der Waals surface area (Å²) < 4.78 is 0. The minimum Gasteiger partial charge on any atom is -0.361 e. The van der Waals surface area contributed by atoms with Crippen LogP contribution in [0.3, 0.4) is 0 Å². The quantitative estimate of drug-likeness (QED) is 0.160. The molecule has 54 heavy (non-hydrogen) atoms. The molecule has 9 N–H and O–H groups in total. The van der Waals surface area contributed by atoms with Crippen molar-refractivity contribution in [2.45, 2.75) is 137 Å². The first-order valence-corrected chi connectivity index (χ1v) is 19.4. The predicted octanol–water partition coefficient (Wildman–Crippen LogP) is 2.56. The van der Waals surface area contributed by atoms with Crippen molar-refractivity contribution < 1.29 is 28.8 Å². The molecular weight excluding hydrogens is 688 g/mol. The number of aromatic amines is 1. The first kappa shape index (κ1) is 43.9. The first-order valence-electron chi connectivity index (χ1n) is 19.4. The van der Waals surface area contributed by atoms with Gasteiger partial charge in [-0.3, -0.25) is 28.8 Å². The van der Waals surface area contributed by atoms with E-state index >= 15 is 0 Å². The molecule has 14 nitrogen and oxygen atoms in total. The van der Waals surface area contributed by atoms with E-state index < -0.39 is 77.1 Å². The van der Waals surface area contributed by atoms with Crippen molar-refractivity contribution in [1.29, 1.82) is 0 Å². The number of fused-ring (bicyclic) bond motifs is 1. The fraction of sp³-hybridized carbons (Fsp3) is 0.650. The van der Waals surface area contributed by atoms with Crippen LogP contribution < -0.4 is 37.6 Å². The lowest BCUT2D eigenvalue weighted by Gasteiger charge is -2.34. The molecule has 2 heterocycles. The number of hydrogen-bond donors (Lipinski definition) is 8. The molecular formula is C40H64N8O6. The maximum atomic E-state index is 14.3. The Balaban J connectivity index is 2.15. The minimum absolute atomic E-state index is 0.00877. The Morgan fingerprint density at radius 2 is 1.15 bits per heavy atom. The third kappa shape index (κ3) is 12.6. The Labute approximate surface area is 320 Å². The summed E-state index contributed by atoms with van der Waals surface area (Å²) in [6, 6.07) is 1.17. The number of nitrogens with one attached hydrogen (secondary N) is 7. The molecule has 1 aliphatic rings. The van der Waals surface area contributed by atoms with Crippen LogP contribution in [-0.2, 0) is 35.2 Å². The van der Waals surface area contributed by atoms with Gasteiger partial charge in [-0.15, -0.1) is 0 Å². The molecule has 1 aromatic heterocycles. The summed E-state index contributed by atoms with van der Waals surface area (Å²) in [5.74, 6) is -3.85. The Hall–Kier alpha value is -4.46. The number of para-hydroxylation sites is 1. The van der Waals surface area contributed by atoms with Crippen molar-refractivity contribution in [3.63, 3.8) is 0 Å². The van der Waals surface area contributed by atoms with Gasteiger partial charge in [0.05, 0.1) is 0 Å². The van der Waals surface area contributed by atoms with Gasteiger partial charge in [-0.2, -0.15) is 0 Å². The Kier molecular flexibility index (Phi) is 16.1. The molecule has 1 saturated heterocycles. The van der Waals surface area contributed by atoms with Crippen molar-refractivity contribution in [2.75, 3.05) is 6.54 Å². The van der Waals surface area contributed by atoms with Gasteiger partial charge in [0.25, 0.3) is 0 Å². The number of nitrogens with two attached hydrogens (primary N) is 1. The van der Waals surface area contributed by atoms with Crippen molar-refractivity contribution >= 4 is 46.3 Å². The zero-order valence-electron chi connectivity index (χ0n) is 33.6. The summed E-state index contributed by atoms with van der Waals surface area (Å²) in [6.45, 7) is 17.0. The van der Waals surface area contributed by atoms with Crippen molar-refractivity contribution in [1.82, 2.24) is 36.9 Å². The lowest BCUT2D eigenvalue weighted by molar-refractivity contribution is -0.138. The van der Waals surface area contributed by atoms with Crippen LogP contribution in [-0.4, -0.2) is 83.2 Å². The molecule has 1 aliphatic heterocycles. The largest absolute Gasteiger partial charge is 0.361 e. The molecule has 0 aliphatic carbocycles. The van der Waals surface area contributed by atoms with E-state index in [4.69, 9.17) is 5.73 Å². The zero-order chi connectivity index (χ0) is 40.3. The van der Waals surface area contributed by atoms with Crippen LogP contribution in [0.1, 0.15) is 100.0 Å². The van der Waals surface area contributed by atoms with Crippen LogP contribution in [0.5, 0.6) is 0 Å². The smallest absolute Gasteiger partial charge is 0.243 e. The van der Waals surface area contributed by atoms with Crippen LogP contribution in [0.25, 0.3) is 10.9 Å². The van der Waals surface area contributed by atoms with Crippen LogP contribution in [0, 0.1) is 23.2 Å². The topological polar surface area (TPSA) is 216 Å².